The molecule has 0 spiro atoms. The van der Waals surface area contributed by atoms with Crippen molar-refractivity contribution in [3.63, 3.8) is 0 Å². The third-order valence-electron chi connectivity index (χ3n) is 2.52. The summed E-state index contributed by atoms with van der Waals surface area (Å²) in [6.45, 7) is 5.91. The molecule has 1 heterocycles. The van der Waals surface area contributed by atoms with E-state index in [1.54, 1.807) is 6.20 Å². The third kappa shape index (κ3) is 3.11. The molecule has 0 radical (unpaired) electrons. The minimum Gasteiger partial charge on any atom is -0.490 e. The predicted octanol–water partition coefficient (Wildman–Crippen LogP) is 4.64. The molecule has 1 aliphatic carbocycles. The molecule has 90 valence electrons. The minimum atomic E-state index is 0.329. The minimum absolute atomic E-state index is 0.329. The summed E-state index contributed by atoms with van der Waals surface area (Å²) in [5, 5.41) is 0.460. The number of allylic oxidation sites excluding steroid dienone is 1. The quantitative estimate of drug-likeness (QED) is 0.596. The summed E-state index contributed by atoms with van der Waals surface area (Å²) in [5.74, 6) is 0.658. The highest BCUT2D eigenvalue weighted by Gasteiger charge is 2.25. The molecule has 0 aliphatic heterocycles. The number of aromatic nitrogens is 1. The van der Waals surface area contributed by atoms with Crippen molar-refractivity contribution in [3.05, 3.63) is 41.2 Å². The van der Waals surface area contributed by atoms with E-state index in [0.29, 0.717) is 17.0 Å². The Labute approximate surface area is 114 Å². The number of hydrogen-bond acceptors (Lipinski definition) is 2. The first-order valence-electron chi connectivity index (χ1n) is 5.45. The Morgan fingerprint density at radius 3 is 2.88 bits per heavy atom. The lowest BCUT2D eigenvalue weighted by molar-refractivity contribution is 0.262. The van der Waals surface area contributed by atoms with Gasteiger partial charge in [-0.2, -0.15) is 0 Å². The van der Waals surface area contributed by atoms with E-state index >= 15 is 0 Å². The van der Waals surface area contributed by atoms with Gasteiger partial charge in [-0.1, -0.05) is 40.2 Å². The number of halogens is 2. The second-order valence-electron chi connectivity index (χ2n) is 3.93. The lowest BCUT2D eigenvalue weighted by Gasteiger charge is -2.12. The fraction of sp³-hybridized carbons (Fsp3) is 0.308. The number of rotatable bonds is 4. The van der Waals surface area contributed by atoms with Crippen molar-refractivity contribution in [3.8, 4) is 0 Å². The molecule has 4 heteroatoms. The van der Waals surface area contributed by atoms with Crippen molar-refractivity contribution in [1.82, 2.24) is 4.98 Å². The van der Waals surface area contributed by atoms with E-state index in [1.165, 1.54) is 0 Å². The predicted molar refractivity (Wildman–Crippen MR) is 75.0 cm³/mol. The largest absolute Gasteiger partial charge is 0.490 e. The zero-order valence-electron chi connectivity index (χ0n) is 9.54. The monoisotopic (exact) mass is 313 g/mol. The van der Waals surface area contributed by atoms with Crippen LogP contribution >= 0.6 is 27.5 Å². The second-order valence-corrected chi connectivity index (χ2v) is 5.17. The lowest BCUT2D eigenvalue weighted by atomic mass is 10.1. The Bertz CT molecular complexity index is 480. The van der Waals surface area contributed by atoms with Crippen molar-refractivity contribution in [2.75, 3.05) is 0 Å². The first-order valence-corrected chi connectivity index (χ1v) is 6.62. The average molecular weight is 315 g/mol. The maximum absolute atomic E-state index is 5.91. The molecule has 0 aromatic carbocycles. The van der Waals surface area contributed by atoms with Crippen LogP contribution in [0.2, 0.25) is 5.15 Å². The summed E-state index contributed by atoms with van der Waals surface area (Å²) in [4.78, 5) is 4.08. The Morgan fingerprint density at radius 2 is 2.29 bits per heavy atom. The van der Waals surface area contributed by atoms with E-state index in [9.17, 15) is 0 Å². The molecule has 1 saturated carbocycles. The van der Waals surface area contributed by atoms with Gasteiger partial charge in [-0.15, -0.1) is 0 Å². The van der Waals surface area contributed by atoms with Crippen LogP contribution < -0.4 is 0 Å². The molecule has 0 amide bonds. The van der Waals surface area contributed by atoms with Gasteiger partial charge >= 0.3 is 0 Å². The Kier molecular flexibility index (Phi) is 3.89. The number of ether oxygens (including phenoxy) is 1. The summed E-state index contributed by atoms with van der Waals surface area (Å²) < 4.78 is 6.65. The van der Waals surface area contributed by atoms with Gasteiger partial charge in [0.1, 0.15) is 10.9 Å². The molecule has 1 aliphatic rings. The van der Waals surface area contributed by atoms with Crippen LogP contribution in [0.15, 0.2) is 24.9 Å². The standard InChI is InChI=1S/C13H13BrClNO/c1-3-12(14)10-6-13(15)16-7-11(10)8(2)17-9-4-5-9/h3,6-7,9H,2,4-5H2,1H3/b12-3+. The molecule has 0 unspecified atom stereocenters. The average Bonchev–Trinajstić information content (AvgIpc) is 3.11. The summed E-state index contributed by atoms with van der Waals surface area (Å²) >= 11 is 9.41. The van der Waals surface area contributed by atoms with Crippen LogP contribution in [0.4, 0.5) is 0 Å². The van der Waals surface area contributed by atoms with Gasteiger partial charge in [-0.25, -0.2) is 4.98 Å². The van der Waals surface area contributed by atoms with E-state index in [-0.39, 0.29) is 0 Å². The second kappa shape index (κ2) is 5.23. The zero-order chi connectivity index (χ0) is 12.4. The highest BCUT2D eigenvalue weighted by atomic mass is 79.9. The number of hydrogen-bond donors (Lipinski definition) is 0. The number of nitrogens with zero attached hydrogens (tertiary/aromatic N) is 1. The van der Waals surface area contributed by atoms with Crippen molar-refractivity contribution >= 4 is 37.8 Å². The van der Waals surface area contributed by atoms with Crippen LogP contribution in [0, 0.1) is 0 Å². The molecule has 0 atom stereocenters. The molecular formula is C13H13BrClNO. The Hall–Kier alpha value is -0.800. The van der Waals surface area contributed by atoms with Crippen LogP contribution in [-0.4, -0.2) is 11.1 Å². The Morgan fingerprint density at radius 1 is 1.59 bits per heavy atom. The zero-order valence-corrected chi connectivity index (χ0v) is 11.9. The van der Waals surface area contributed by atoms with Crippen LogP contribution in [0.25, 0.3) is 10.2 Å². The molecule has 2 rings (SSSR count). The van der Waals surface area contributed by atoms with Gasteiger partial charge in [0.2, 0.25) is 0 Å². The van der Waals surface area contributed by atoms with Gasteiger partial charge in [0.05, 0.1) is 6.10 Å². The lowest BCUT2D eigenvalue weighted by Crippen LogP contribution is -1.97. The number of pyridine rings is 1. The summed E-state index contributed by atoms with van der Waals surface area (Å²) in [6, 6.07) is 1.81. The van der Waals surface area contributed by atoms with Crippen molar-refractivity contribution < 1.29 is 4.74 Å². The molecule has 1 aromatic heterocycles. The van der Waals surface area contributed by atoms with E-state index < -0.39 is 0 Å². The molecule has 17 heavy (non-hydrogen) atoms. The van der Waals surface area contributed by atoms with Gasteiger partial charge in [0.15, 0.2) is 0 Å². The van der Waals surface area contributed by atoms with Crippen LogP contribution in [-0.2, 0) is 4.74 Å². The van der Waals surface area contributed by atoms with Gasteiger partial charge < -0.3 is 4.74 Å². The maximum atomic E-state index is 5.91. The van der Waals surface area contributed by atoms with Crippen molar-refractivity contribution in [2.45, 2.75) is 25.9 Å². The fourth-order valence-electron chi connectivity index (χ4n) is 1.46. The van der Waals surface area contributed by atoms with Gasteiger partial charge in [0.25, 0.3) is 0 Å². The highest BCUT2D eigenvalue weighted by Crippen LogP contribution is 2.34. The van der Waals surface area contributed by atoms with E-state index in [2.05, 4.69) is 27.5 Å². The fourth-order valence-corrected chi connectivity index (χ4v) is 1.94. The molecule has 0 bridgehead atoms. The normalized spacial score (nSPS) is 15.8. The molecular weight excluding hydrogens is 302 g/mol. The summed E-state index contributed by atoms with van der Waals surface area (Å²) in [6.07, 6.45) is 6.21. The molecule has 1 fully saturated rings. The summed E-state index contributed by atoms with van der Waals surface area (Å²) in [7, 11) is 0. The maximum Gasteiger partial charge on any atom is 0.129 e. The van der Waals surface area contributed by atoms with Crippen LogP contribution in [0.3, 0.4) is 0 Å². The van der Waals surface area contributed by atoms with Crippen LogP contribution in [0.1, 0.15) is 30.9 Å². The van der Waals surface area contributed by atoms with E-state index in [0.717, 1.165) is 28.5 Å². The van der Waals surface area contributed by atoms with Gasteiger partial charge in [-0.05, 0) is 25.8 Å². The first kappa shape index (κ1) is 12.7. The van der Waals surface area contributed by atoms with Crippen molar-refractivity contribution in [2.24, 2.45) is 0 Å². The SMILES string of the molecule is C=C(OC1CC1)c1cnc(Cl)cc1/C(Br)=C\C. The van der Waals surface area contributed by atoms with Crippen LogP contribution in [0.5, 0.6) is 0 Å². The summed E-state index contributed by atoms with van der Waals surface area (Å²) in [5.41, 5.74) is 1.84. The molecule has 0 saturated heterocycles. The Balaban J connectivity index is 2.34. The topological polar surface area (TPSA) is 22.1 Å². The van der Waals surface area contributed by atoms with Crippen molar-refractivity contribution in [1.29, 1.82) is 0 Å². The van der Waals surface area contributed by atoms with Gasteiger partial charge in [0, 0.05) is 21.8 Å². The third-order valence-corrected chi connectivity index (χ3v) is 3.61. The van der Waals surface area contributed by atoms with Gasteiger partial charge in [-0.3, -0.25) is 0 Å². The smallest absolute Gasteiger partial charge is 0.129 e. The highest BCUT2D eigenvalue weighted by molar-refractivity contribution is 9.15. The van der Waals surface area contributed by atoms with E-state index in [4.69, 9.17) is 16.3 Å². The molecule has 2 nitrogen and oxygen atoms in total. The first-order chi connectivity index (χ1) is 8.11. The van der Waals surface area contributed by atoms with E-state index in [1.807, 2.05) is 19.1 Å². The molecule has 1 aromatic rings. The molecule has 0 N–H and O–H groups in total.